The molecule has 0 radical (unpaired) electrons. The first-order valence-electron chi connectivity index (χ1n) is 6.53. The SMILES string of the molecule is Fc1ccc(CNC2CCN(C3CC3)C2)cc1. The molecule has 17 heavy (non-hydrogen) atoms. The normalized spacial score (nSPS) is 25.4. The van der Waals surface area contributed by atoms with Crippen molar-refractivity contribution in [1.82, 2.24) is 10.2 Å². The smallest absolute Gasteiger partial charge is 0.123 e. The van der Waals surface area contributed by atoms with Crippen LogP contribution in [0.25, 0.3) is 0 Å². The molecule has 0 bridgehead atoms. The molecule has 92 valence electrons. The standard InChI is InChI=1S/C14H19FN2/c15-12-3-1-11(2-4-12)9-16-13-7-8-17(10-13)14-5-6-14/h1-4,13-14,16H,5-10H2. The minimum absolute atomic E-state index is 0.158. The van der Waals surface area contributed by atoms with Crippen molar-refractivity contribution in [2.45, 2.75) is 37.9 Å². The Labute approximate surface area is 102 Å². The monoisotopic (exact) mass is 234 g/mol. The Morgan fingerprint density at radius 2 is 1.94 bits per heavy atom. The lowest BCUT2D eigenvalue weighted by Gasteiger charge is -2.15. The highest BCUT2D eigenvalue weighted by Gasteiger charge is 2.33. The summed E-state index contributed by atoms with van der Waals surface area (Å²) in [7, 11) is 0. The van der Waals surface area contributed by atoms with E-state index in [4.69, 9.17) is 0 Å². The average Bonchev–Trinajstić information content (AvgIpc) is 3.09. The first-order chi connectivity index (χ1) is 8.31. The van der Waals surface area contributed by atoms with Crippen LogP contribution in [0.4, 0.5) is 4.39 Å². The van der Waals surface area contributed by atoms with Crippen LogP contribution in [0.1, 0.15) is 24.8 Å². The molecule has 2 nitrogen and oxygen atoms in total. The Morgan fingerprint density at radius 1 is 1.18 bits per heavy atom. The largest absolute Gasteiger partial charge is 0.309 e. The maximum atomic E-state index is 12.7. The van der Waals surface area contributed by atoms with Gasteiger partial charge in [-0.3, -0.25) is 4.90 Å². The molecule has 2 fully saturated rings. The van der Waals surface area contributed by atoms with E-state index in [1.54, 1.807) is 0 Å². The molecule has 2 aliphatic rings. The van der Waals surface area contributed by atoms with Crippen LogP contribution >= 0.6 is 0 Å². The molecule has 1 aliphatic carbocycles. The highest BCUT2D eigenvalue weighted by atomic mass is 19.1. The van der Waals surface area contributed by atoms with E-state index in [-0.39, 0.29) is 5.82 Å². The summed E-state index contributed by atoms with van der Waals surface area (Å²) >= 11 is 0. The third-order valence-corrected chi connectivity index (χ3v) is 3.79. The summed E-state index contributed by atoms with van der Waals surface area (Å²) in [6.07, 6.45) is 4.03. The van der Waals surface area contributed by atoms with Crippen molar-refractivity contribution in [1.29, 1.82) is 0 Å². The summed E-state index contributed by atoms with van der Waals surface area (Å²) in [5, 5.41) is 3.57. The maximum absolute atomic E-state index is 12.7. The summed E-state index contributed by atoms with van der Waals surface area (Å²) < 4.78 is 12.7. The molecule has 3 heteroatoms. The van der Waals surface area contributed by atoms with E-state index in [0.29, 0.717) is 6.04 Å². The number of hydrogen-bond donors (Lipinski definition) is 1. The number of rotatable bonds is 4. The van der Waals surface area contributed by atoms with Crippen molar-refractivity contribution < 1.29 is 4.39 Å². The number of nitrogens with one attached hydrogen (secondary N) is 1. The molecule has 1 unspecified atom stereocenters. The predicted octanol–water partition coefficient (Wildman–Crippen LogP) is 2.15. The zero-order valence-corrected chi connectivity index (χ0v) is 10.0. The quantitative estimate of drug-likeness (QED) is 0.858. The van der Waals surface area contributed by atoms with E-state index in [1.165, 1.54) is 44.5 Å². The van der Waals surface area contributed by atoms with Gasteiger partial charge in [0, 0.05) is 31.7 Å². The lowest BCUT2D eigenvalue weighted by molar-refractivity contribution is 0.317. The van der Waals surface area contributed by atoms with Crippen LogP contribution in [-0.2, 0) is 6.54 Å². The van der Waals surface area contributed by atoms with Gasteiger partial charge < -0.3 is 5.32 Å². The number of likely N-dealkylation sites (tertiary alicyclic amines) is 1. The van der Waals surface area contributed by atoms with Crippen LogP contribution < -0.4 is 5.32 Å². The van der Waals surface area contributed by atoms with E-state index in [9.17, 15) is 4.39 Å². The van der Waals surface area contributed by atoms with Crippen LogP contribution in [0, 0.1) is 5.82 Å². The average molecular weight is 234 g/mol. The Bertz CT molecular complexity index is 372. The summed E-state index contributed by atoms with van der Waals surface area (Å²) in [4.78, 5) is 2.60. The Morgan fingerprint density at radius 3 is 2.65 bits per heavy atom. The van der Waals surface area contributed by atoms with Gasteiger partial charge in [-0.15, -0.1) is 0 Å². The van der Waals surface area contributed by atoms with E-state index < -0.39 is 0 Å². The van der Waals surface area contributed by atoms with Crippen LogP contribution in [0.2, 0.25) is 0 Å². The summed E-state index contributed by atoms with van der Waals surface area (Å²) in [5.41, 5.74) is 1.16. The third-order valence-electron chi connectivity index (χ3n) is 3.79. The number of benzene rings is 1. The Balaban J connectivity index is 1.46. The second kappa shape index (κ2) is 4.75. The van der Waals surface area contributed by atoms with Gasteiger partial charge in [0.05, 0.1) is 0 Å². The molecule has 1 atom stereocenters. The van der Waals surface area contributed by atoms with E-state index in [0.717, 1.165) is 18.2 Å². The van der Waals surface area contributed by atoms with Gasteiger partial charge in [0.1, 0.15) is 5.82 Å². The molecule has 1 aromatic carbocycles. The minimum atomic E-state index is -0.158. The molecule has 1 heterocycles. The molecule has 0 aromatic heterocycles. The third kappa shape index (κ3) is 2.85. The van der Waals surface area contributed by atoms with E-state index in [1.807, 2.05) is 12.1 Å². The summed E-state index contributed by atoms with van der Waals surface area (Å²) in [5.74, 6) is -0.158. The topological polar surface area (TPSA) is 15.3 Å². The van der Waals surface area contributed by atoms with Crippen molar-refractivity contribution in [3.8, 4) is 0 Å². The van der Waals surface area contributed by atoms with Crippen LogP contribution in [-0.4, -0.2) is 30.1 Å². The van der Waals surface area contributed by atoms with Crippen LogP contribution in [0.5, 0.6) is 0 Å². The van der Waals surface area contributed by atoms with Crippen molar-refractivity contribution in [3.05, 3.63) is 35.6 Å². The van der Waals surface area contributed by atoms with Gasteiger partial charge in [-0.2, -0.15) is 0 Å². The highest BCUT2D eigenvalue weighted by molar-refractivity contribution is 5.15. The molecule has 1 aliphatic heterocycles. The second-order valence-corrected chi connectivity index (χ2v) is 5.22. The molecule has 0 spiro atoms. The highest BCUT2D eigenvalue weighted by Crippen LogP contribution is 2.29. The lowest BCUT2D eigenvalue weighted by atomic mass is 10.2. The molecule has 1 N–H and O–H groups in total. The number of hydrogen-bond acceptors (Lipinski definition) is 2. The molecule has 3 rings (SSSR count). The molecular formula is C14H19FN2. The first-order valence-corrected chi connectivity index (χ1v) is 6.53. The van der Waals surface area contributed by atoms with Gasteiger partial charge in [0.2, 0.25) is 0 Å². The van der Waals surface area contributed by atoms with Crippen molar-refractivity contribution in [3.63, 3.8) is 0 Å². The van der Waals surface area contributed by atoms with Gasteiger partial charge in [-0.1, -0.05) is 12.1 Å². The van der Waals surface area contributed by atoms with Crippen molar-refractivity contribution in [2.24, 2.45) is 0 Å². The van der Waals surface area contributed by atoms with E-state index >= 15 is 0 Å². The molecule has 0 amide bonds. The Kier molecular flexibility index (Phi) is 3.12. The van der Waals surface area contributed by atoms with Crippen molar-refractivity contribution >= 4 is 0 Å². The summed E-state index contributed by atoms with van der Waals surface area (Å²) in [6, 6.07) is 8.27. The number of halogens is 1. The molecular weight excluding hydrogens is 215 g/mol. The van der Waals surface area contributed by atoms with Gasteiger partial charge in [0.25, 0.3) is 0 Å². The fourth-order valence-corrected chi connectivity index (χ4v) is 2.59. The molecule has 1 aromatic rings. The van der Waals surface area contributed by atoms with Crippen LogP contribution in [0.15, 0.2) is 24.3 Å². The minimum Gasteiger partial charge on any atom is -0.309 e. The van der Waals surface area contributed by atoms with Gasteiger partial charge in [-0.25, -0.2) is 4.39 Å². The Hall–Kier alpha value is -0.930. The fourth-order valence-electron chi connectivity index (χ4n) is 2.59. The number of nitrogens with zero attached hydrogens (tertiary/aromatic N) is 1. The maximum Gasteiger partial charge on any atom is 0.123 e. The van der Waals surface area contributed by atoms with Gasteiger partial charge in [0.15, 0.2) is 0 Å². The lowest BCUT2D eigenvalue weighted by Crippen LogP contribution is -2.32. The zero-order valence-electron chi connectivity index (χ0n) is 10.0. The predicted molar refractivity (Wildman–Crippen MR) is 66.2 cm³/mol. The van der Waals surface area contributed by atoms with E-state index in [2.05, 4.69) is 10.2 Å². The molecule has 1 saturated heterocycles. The fraction of sp³-hybridized carbons (Fsp3) is 0.571. The van der Waals surface area contributed by atoms with Crippen LogP contribution in [0.3, 0.4) is 0 Å². The zero-order chi connectivity index (χ0) is 11.7. The molecule has 1 saturated carbocycles. The van der Waals surface area contributed by atoms with Gasteiger partial charge in [-0.05, 0) is 37.0 Å². The van der Waals surface area contributed by atoms with Crippen molar-refractivity contribution in [2.75, 3.05) is 13.1 Å². The summed E-state index contributed by atoms with van der Waals surface area (Å²) in [6.45, 7) is 3.28. The van der Waals surface area contributed by atoms with Gasteiger partial charge >= 0.3 is 0 Å². The first kappa shape index (κ1) is 11.2. The second-order valence-electron chi connectivity index (χ2n) is 5.22.